The van der Waals surface area contributed by atoms with Crippen molar-refractivity contribution in [3.05, 3.63) is 35.9 Å². The van der Waals surface area contributed by atoms with Crippen molar-refractivity contribution >= 4 is 6.09 Å². The van der Waals surface area contributed by atoms with Crippen LogP contribution in [0, 0.1) is 23.7 Å². The van der Waals surface area contributed by atoms with E-state index in [-0.39, 0.29) is 6.09 Å². The Morgan fingerprint density at radius 2 is 1.68 bits per heavy atom. The number of rotatable bonds is 11. The minimum absolute atomic E-state index is 0.299. The molecule has 172 valence electrons. The van der Waals surface area contributed by atoms with E-state index < -0.39 is 0 Å². The molecule has 0 aliphatic heterocycles. The van der Waals surface area contributed by atoms with Crippen molar-refractivity contribution in [2.45, 2.75) is 70.4 Å². The van der Waals surface area contributed by atoms with E-state index in [1.807, 2.05) is 30.3 Å². The first kappa shape index (κ1) is 22.6. The lowest BCUT2D eigenvalue weighted by Gasteiger charge is -2.28. The number of benzene rings is 1. The molecule has 0 saturated heterocycles. The number of alkyl carbamates (subject to hydrolysis) is 1. The van der Waals surface area contributed by atoms with Crippen LogP contribution in [0.25, 0.3) is 0 Å². The third kappa shape index (κ3) is 7.21. The first-order chi connectivity index (χ1) is 15.3. The number of hydrogen-bond acceptors (Lipinski definition) is 4. The number of carbonyl (C=O) groups is 1. The summed E-state index contributed by atoms with van der Waals surface area (Å²) in [5, 5.41) is 10.4. The fourth-order valence-electron chi connectivity index (χ4n) is 5.94. The molecule has 3 saturated carbocycles. The molecule has 0 aromatic heterocycles. The summed E-state index contributed by atoms with van der Waals surface area (Å²) < 4.78 is 5.31. The number of fused-ring (bicyclic) bond motifs is 2. The van der Waals surface area contributed by atoms with Crippen molar-refractivity contribution in [3.8, 4) is 0 Å². The fourth-order valence-corrected chi connectivity index (χ4v) is 5.94. The molecule has 0 heterocycles. The van der Waals surface area contributed by atoms with Gasteiger partial charge >= 0.3 is 6.09 Å². The molecular formula is C26H41N3O2. The van der Waals surface area contributed by atoms with Gasteiger partial charge in [-0.1, -0.05) is 36.8 Å². The fraction of sp³-hybridized carbons (Fsp3) is 0.731. The maximum Gasteiger partial charge on any atom is 0.407 e. The monoisotopic (exact) mass is 427 g/mol. The summed E-state index contributed by atoms with van der Waals surface area (Å²) in [5.41, 5.74) is 1.02. The number of hydrogen-bond donors (Lipinski definition) is 3. The molecule has 3 aliphatic rings. The first-order valence-electron chi connectivity index (χ1n) is 12.6. The topological polar surface area (TPSA) is 62.4 Å². The molecule has 4 rings (SSSR count). The Morgan fingerprint density at radius 1 is 0.903 bits per heavy atom. The highest BCUT2D eigenvalue weighted by molar-refractivity contribution is 5.67. The average molecular weight is 428 g/mol. The van der Waals surface area contributed by atoms with Gasteiger partial charge in [0.1, 0.15) is 6.61 Å². The second kappa shape index (κ2) is 11.9. The van der Waals surface area contributed by atoms with Crippen molar-refractivity contribution < 1.29 is 9.53 Å². The minimum Gasteiger partial charge on any atom is -0.445 e. The van der Waals surface area contributed by atoms with Crippen molar-refractivity contribution in [1.29, 1.82) is 0 Å². The van der Waals surface area contributed by atoms with Crippen LogP contribution in [0.3, 0.4) is 0 Å². The van der Waals surface area contributed by atoms with Crippen LogP contribution >= 0.6 is 0 Å². The zero-order valence-corrected chi connectivity index (χ0v) is 19.0. The molecule has 3 fully saturated rings. The lowest BCUT2D eigenvalue weighted by molar-refractivity contribution is 0.136. The van der Waals surface area contributed by atoms with Gasteiger partial charge in [-0.2, -0.15) is 0 Å². The van der Waals surface area contributed by atoms with E-state index in [1.165, 1.54) is 64.3 Å². The van der Waals surface area contributed by atoms with Crippen molar-refractivity contribution in [2.24, 2.45) is 23.7 Å². The Morgan fingerprint density at radius 3 is 2.39 bits per heavy atom. The van der Waals surface area contributed by atoms with Crippen molar-refractivity contribution in [2.75, 3.05) is 26.2 Å². The molecule has 0 spiro atoms. The summed E-state index contributed by atoms with van der Waals surface area (Å²) in [5.74, 6) is 3.39. The molecule has 31 heavy (non-hydrogen) atoms. The molecule has 3 N–H and O–H groups in total. The van der Waals surface area contributed by atoms with E-state index in [1.54, 1.807) is 0 Å². The van der Waals surface area contributed by atoms with Crippen LogP contribution in [0.15, 0.2) is 30.3 Å². The summed E-state index contributed by atoms with van der Waals surface area (Å²) in [6.07, 6.45) is 11.8. The van der Waals surface area contributed by atoms with Crippen LogP contribution in [0.2, 0.25) is 0 Å². The summed E-state index contributed by atoms with van der Waals surface area (Å²) in [6.45, 7) is 4.51. The van der Waals surface area contributed by atoms with Gasteiger partial charge in [0.15, 0.2) is 0 Å². The van der Waals surface area contributed by atoms with Gasteiger partial charge in [0.25, 0.3) is 0 Å². The quantitative estimate of drug-likeness (QED) is 0.456. The highest BCUT2D eigenvalue weighted by atomic mass is 16.5. The van der Waals surface area contributed by atoms with E-state index in [4.69, 9.17) is 4.74 Å². The molecule has 1 aromatic carbocycles. The molecule has 3 aliphatic carbocycles. The van der Waals surface area contributed by atoms with E-state index in [0.717, 1.165) is 49.0 Å². The number of carbonyl (C=O) groups excluding carboxylic acids is 1. The van der Waals surface area contributed by atoms with Crippen LogP contribution in [-0.2, 0) is 11.3 Å². The Labute approximate surface area is 188 Å². The highest BCUT2D eigenvalue weighted by Gasteiger charge is 2.38. The molecular weight excluding hydrogens is 386 g/mol. The predicted molar refractivity (Wildman–Crippen MR) is 125 cm³/mol. The second-order valence-electron chi connectivity index (χ2n) is 10.1. The normalized spacial score (nSPS) is 29.7. The molecule has 0 radical (unpaired) electrons. The van der Waals surface area contributed by atoms with Crippen molar-refractivity contribution in [1.82, 2.24) is 16.0 Å². The lowest BCUT2D eigenvalue weighted by atomic mass is 9.82. The number of amides is 1. The van der Waals surface area contributed by atoms with Gasteiger partial charge in [0.05, 0.1) is 0 Å². The molecule has 3 unspecified atom stereocenters. The van der Waals surface area contributed by atoms with Gasteiger partial charge < -0.3 is 20.7 Å². The van der Waals surface area contributed by atoms with E-state index in [9.17, 15) is 4.79 Å². The summed E-state index contributed by atoms with van der Waals surface area (Å²) >= 11 is 0. The number of nitrogens with one attached hydrogen (secondary N) is 3. The van der Waals surface area contributed by atoms with E-state index in [0.29, 0.717) is 12.5 Å². The smallest absolute Gasteiger partial charge is 0.407 e. The van der Waals surface area contributed by atoms with Crippen molar-refractivity contribution in [3.63, 3.8) is 0 Å². The maximum absolute atomic E-state index is 11.9. The highest BCUT2D eigenvalue weighted by Crippen LogP contribution is 2.44. The standard InChI is InChI=1S/C26H41N3O2/c30-26(31-19-22-5-2-1-3-6-22)29-18-21-9-7-20(8-10-21)17-27-13-4-14-28-25-16-23-11-12-24(25)15-23/h1-3,5-6,20-21,23-25,27-28H,4,7-19H2,(H,29,30). The van der Waals surface area contributed by atoms with Crippen LogP contribution in [0.5, 0.6) is 0 Å². The summed E-state index contributed by atoms with van der Waals surface area (Å²) in [7, 11) is 0. The SMILES string of the molecule is O=C(NCC1CCC(CNCCCNC2CC3CCC2C3)CC1)OCc1ccccc1. The average Bonchev–Trinajstić information content (AvgIpc) is 3.43. The molecule has 1 aromatic rings. The summed E-state index contributed by atoms with van der Waals surface area (Å²) in [6, 6.07) is 10.6. The lowest BCUT2D eigenvalue weighted by Crippen LogP contribution is -2.36. The molecule has 5 nitrogen and oxygen atoms in total. The van der Waals surface area contributed by atoms with Gasteiger partial charge in [-0.05, 0) is 100 Å². The third-order valence-electron chi connectivity index (χ3n) is 7.82. The van der Waals surface area contributed by atoms with Gasteiger partial charge in [0.2, 0.25) is 0 Å². The Balaban J connectivity index is 0.977. The third-order valence-corrected chi connectivity index (χ3v) is 7.82. The molecule has 5 heteroatoms. The van der Waals surface area contributed by atoms with Gasteiger partial charge in [-0.15, -0.1) is 0 Å². The second-order valence-corrected chi connectivity index (χ2v) is 10.1. The van der Waals surface area contributed by atoms with E-state index in [2.05, 4.69) is 16.0 Å². The van der Waals surface area contributed by atoms with E-state index >= 15 is 0 Å². The molecule has 2 bridgehead atoms. The van der Waals surface area contributed by atoms with Crippen LogP contribution in [0.1, 0.15) is 63.4 Å². The Hall–Kier alpha value is -1.59. The van der Waals surface area contributed by atoms with Crippen LogP contribution in [0.4, 0.5) is 4.79 Å². The maximum atomic E-state index is 11.9. The Kier molecular flexibility index (Phi) is 8.65. The first-order valence-corrected chi connectivity index (χ1v) is 12.6. The summed E-state index contributed by atoms with van der Waals surface area (Å²) in [4.78, 5) is 11.9. The van der Waals surface area contributed by atoms with Crippen LogP contribution in [-0.4, -0.2) is 38.3 Å². The minimum atomic E-state index is -0.299. The Bertz CT molecular complexity index is 660. The van der Waals surface area contributed by atoms with Gasteiger partial charge in [-0.3, -0.25) is 0 Å². The molecule has 1 amide bonds. The molecule has 3 atom stereocenters. The van der Waals surface area contributed by atoms with Gasteiger partial charge in [0, 0.05) is 12.6 Å². The predicted octanol–water partition coefficient (Wildman–Crippen LogP) is 4.48. The van der Waals surface area contributed by atoms with Crippen LogP contribution < -0.4 is 16.0 Å². The zero-order chi connectivity index (χ0) is 21.3. The largest absolute Gasteiger partial charge is 0.445 e. The zero-order valence-electron chi connectivity index (χ0n) is 19.0. The number of ether oxygens (including phenoxy) is 1. The van der Waals surface area contributed by atoms with Gasteiger partial charge in [-0.25, -0.2) is 4.79 Å².